The van der Waals surface area contributed by atoms with Gasteiger partial charge in [-0.1, -0.05) is 0 Å². The zero-order valence-electron chi connectivity index (χ0n) is 10.9. The molecule has 2 heterocycles. The van der Waals surface area contributed by atoms with Gasteiger partial charge in [-0.25, -0.2) is 4.98 Å². The van der Waals surface area contributed by atoms with Crippen LogP contribution in [0, 0.1) is 11.3 Å². The normalized spacial score (nSPS) is 11.3. The number of ether oxygens (including phenoxy) is 1. The molecule has 0 atom stereocenters. The summed E-state index contributed by atoms with van der Waals surface area (Å²) in [6.07, 6.45) is 3.36. The summed E-state index contributed by atoms with van der Waals surface area (Å²) in [7, 11) is 1.36. The molecule has 0 aliphatic carbocycles. The van der Waals surface area contributed by atoms with E-state index in [1.807, 2.05) is 6.07 Å². The van der Waals surface area contributed by atoms with E-state index < -0.39 is 4.75 Å². The molecule has 2 rings (SSSR count). The predicted octanol–water partition coefficient (Wildman–Crippen LogP) is 2.25. The summed E-state index contributed by atoms with van der Waals surface area (Å²) >= 11 is 1.30. The van der Waals surface area contributed by atoms with Crippen molar-refractivity contribution in [2.45, 2.75) is 23.5 Å². The molecule has 0 spiro atoms. The molecule has 0 unspecified atom stereocenters. The average molecular weight is 275 g/mol. The van der Waals surface area contributed by atoms with E-state index in [0.29, 0.717) is 11.3 Å². The minimum absolute atomic E-state index is 0.327. The third kappa shape index (κ3) is 2.42. The molecule has 0 aliphatic heterocycles. The van der Waals surface area contributed by atoms with Gasteiger partial charge in [-0.3, -0.25) is 9.20 Å². The van der Waals surface area contributed by atoms with E-state index in [2.05, 4.69) is 11.1 Å². The largest absolute Gasteiger partial charge is 0.468 e. The first-order chi connectivity index (χ1) is 8.99. The third-order valence-electron chi connectivity index (χ3n) is 2.68. The van der Waals surface area contributed by atoms with Crippen molar-refractivity contribution >= 4 is 23.4 Å². The van der Waals surface area contributed by atoms with Crippen molar-refractivity contribution in [3.8, 4) is 6.07 Å². The van der Waals surface area contributed by atoms with Gasteiger partial charge in [-0.2, -0.15) is 5.26 Å². The van der Waals surface area contributed by atoms with Gasteiger partial charge in [0.25, 0.3) is 0 Å². The second-order valence-electron chi connectivity index (χ2n) is 4.42. The van der Waals surface area contributed by atoms with Gasteiger partial charge in [0.05, 0.1) is 7.11 Å². The number of methoxy groups -OCH3 is 1. The van der Waals surface area contributed by atoms with Crippen molar-refractivity contribution in [3.63, 3.8) is 0 Å². The molecule has 6 heteroatoms. The fraction of sp³-hybridized carbons (Fsp3) is 0.308. The molecule has 0 bridgehead atoms. The number of esters is 1. The minimum Gasteiger partial charge on any atom is -0.468 e. The zero-order chi connectivity index (χ0) is 14.0. The number of imidazole rings is 1. The van der Waals surface area contributed by atoms with Gasteiger partial charge >= 0.3 is 5.97 Å². The molecule has 19 heavy (non-hydrogen) atoms. The molecule has 0 fully saturated rings. The van der Waals surface area contributed by atoms with Crippen molar-refractivity contribution in [2.75, 3.05) is 7.11 Å². The Hall–Kier alpha value is -2.00. The second-order valence-corrected chi connectivity index (χ2v) is 6.08. The van der Waals surface area contributed by atoms with Crippen LogP contribution in [-0.2, 0) is 9.53 Å². The summed E-state index contributed by atoms with van der Waals surface area (Å²) in [5.74, 6) is -0.327. The van der Waals surface area contributed by atoms with Crippen LogP contribution >= 0.6 is 11.8 Å². The van der Waals surface area contributed by atoms with Crippen molar-refractivity contribution in [2.24, 2.45) is 0 Å². The van der Waals surface area contributed by atoms with E-state index in [1.165, 1.54) is 18.9 Å². The Morgan fingerprint density at radius 1 is 1.53 bits per heavy atom. The predicted molar refractivity (Wildman–Crippen MR) is 71.9 cm³/mol. The van der Waals surface area contributed by atoms with Gasteiger partial charge in [-0.15, -0.1) is 11.8 Å². The molecular formula is C13H13N3O2S. The molecule has 0 radical (unpaired) electrons. The van der Waals surface area contributed by atoms with Crippen LogP contribution in [0.15, 0.2) is 29.4 Å². The maximum atomic E-state index is 11.7. The molecule has 0 aliphatic rings. The third-order valence-corrected chi connectivity index (χ3v) is 3.90. The number of hydrogen-bond acceptors (Lipinski definition) is 5. The molecule has 2 aromatic heterocycles. The number of nitrogens with zero attached hydrogens (tertiary/aromatic N) is 3. The topological polar surface area (TPSA) is 67.4 Å². The summed E-state index contributed by atoms with van der Waals surface area (Å²) in [5.41, 5.74) is 1.17. The number of pyridine rings is 1. The van der Waals surface area contributed by atoms with Crippen LogP contribution in [0.5, 0.6) is 0 Å². The first-order valence-electron chi connectivity index (χ1n) is 5.63. The number of nitriles is 1. The lowest BCUT2D eigenvalue weighted by atomic mass is 10.2. The number of hydrogen-bond donors (Lipinski definition) is 0. The average Bonchev–Trinajstić information content (AvgIpc) is 2.85. The molecule has 0 saturated heterocycles. The highest BCUT2D eigenvalue weighted by Crippen LogP contribution is 2.35. The van der Waals surface area contributed by atoms with Crippen molar-refractivity contribution in [3.05, 3.63) is 30.2 Å². The maximum Gasteiger partial charge on any atom is 0.321 e. The fourth-order valence-corrected chi connectivity index (χ4v) is 2.82. The standard InChI is InChI=1S/C13H13N3O2S/c1-13(2,12(17)18-3)19-10-4-5-11-15-6-7-16(11)9(10)8-14/h4-7H,1-3H3. The number of rotatable bonds is 3. The SMILES string of the molecule is COC(=O)C(C)(C)Sc1ccc2nccn2c1C#N. The van der Waals surface area contributed by atoms with Crippen LogP contribution in [-0.4, -0.2) is 27.2 Å². The Kier molecular flexibility index (Phi) is 3.49. The van der Waals surface area contributed by atoms with Crippen LogP contribution < -0.4 is 0 Å². The molecule has 0 N–H and O–H groups in total. The first-order valence-corrected chi connectivity index (χ1v) is 6.45. The van der Waals surface area contributed by atoms with E-state index in [9.17, 15) is 10.1 Å². The van der Waals surface area contributed by atoms with Crippen molar-refractivity contribution < 1.29 is 9.53 Å². The number of carbonyl (C=O) groups excluding carboxylic acids is 1. The van der Waals surface area contributed by atoms with Crippen molar-refractivity contribution in [1.29, 1.82) is 5.26 Å². The Morgan fingerprint density at radius 2 is 2.26 bits per heavy atom. The van der Waals surface area contributed by atoms with Crippen LogP contribution in [0.4, 0.5) is 0 Å². The van der Waals surface area contributed by atoms with Gasteiger partial charge in [0.1, 0.15) is 22.2 Å². The summed E-state index contributed by atoms with van der Waals surface area (Å²) in [6.45, 7) is 3.53. The lowest BCUT2D eigenvalue weighted by Crippen LogP contribution is -2.29. The second kappa shape index (κ2) is 4.94. The smallest absolute Gasteiger partial charge is 0.321 e. The number of carbonyl (C=O) groups is 1. The van der Waals surface area contributed by atoms with E-state index in [1.54, 1.807) is 36.7 Å². The first kappa shape index (κ1) is 13.4. The molecule has 98 valence electrons. The molecule has 0 aromatic carbocycles. The summed E-state index contributed by atoms with van der Waals surface area (Å²) in [6, 6.07) is 5.77. The molecule has 0 saturated carbocycles. The van der Waals surface area contributed by atoms with E-state index >= 15 is 0 Å². The zero-order valence-corrected chi connectivity index (χ0v) is 11.7. The van der Waals surface area contributed by atoms with Gasteiger partial charge in [0.2, 0.25) is 0 Å². The van der Waals surface area contributed by atoms with Crippen LogP contribution in [0.2, 0.25) is 0 Å². The highest BCUT2D eigenvalue weighted by molar-refractivity contribution is 8.01. The molecule has 0 amide bonds. The highest BCUT2D eigenvalue weighted by Gasteiger charge is 2.31. The summed E-state index contributed by atoms with van der Waals surface area (Å²) in [4.78, 5) is 16.6. The quantitative estimate of drug-likeness (QED) is 0.635. The Morgan fingerprint density at radius 3 is 2.89 bits per heavy atom. The Labute approximate surface area is 115 Å². The summed E-state index contributed by atoms with van der Waals surface area (Å²) < 4.78 is 5.72. The lowest BCUT2D eigenvalue weighted by molar-refractivity contribution is -0.142. The molecule has 2 aromatic rings. The Balaban J connectivity index is 2.46. The van der Waals surface area contributed by atoms with Gasteiger partial charge in [-0.05, 0) is 26.0 Å². The number of aromatic nitrogens is 2. The minimum atomic E-state index is -0.755. The monoisotopic (exact) mass is 275 g/mol. The van der Waals surface area contributed by atoms with Crippen LogP contribution in [0.25, 0.3) is 5.65 Å². The molecule has 5 nitrogen and oxygen atoms in total. The van der Waals surface area contributed by atoms with Crippen LogP contribution in [0.1, 0.15) is 19.5 Å². The van der Waals surface area contributed by atoms with E-state index in [4.69, 9.17) is 4.74 Å². The van der Waals surface area contributed by atoms with Crippen LogP contribution in [0.3, 0.4) is 0 Å². The van der Waals surface area contributed by atoms with Crippen molar-refractivity contribution in [1.82, 2.24) is 9.38 Å². The Bertz CT molecular complexity index is 670. The van der Waals surface area contributed by atoms with E-state index in [-0.39, 0.29) is 5.97 Å². The highest BCUT2D eigenvalue weighted by atomic mass is 32.2. The van der Waals surface area contributed by atoms with Gasteiger partial charge in [0.15, 0.2) is 0 Å². The van der Waals surface area contributed by atoms with Gasteiger partial charge < -0.3 is 4.74 Å². The number of thioether (sulfide) groups is 1. The lowest BCUT2D eigenvalue weighted by Gasteiger charge is -2.21. The maximum absolute atomic E-state index is 11.7. The molecular weight excluding hydrogens is 262 g/mol. The summed E-state index contributed by atoms with van der Waals surface area (Å²) in [5, 5.41) is 9.30. The van der Waals surface area contributed by atoms with Gasteiger partial charge in [0, 0.05) is 17.3 Å². The van der Waals surface area contributed by atoms with E-state index in [0.717, 1.165) is 4.90 Å². The fourth-order valence-electron chi connectivity index (χ4n) is 1.73. The number of fused-ring (bicyclic) bond motifs is 1.